The first kappa shape index (κ1) is 20.3. The number of carbonyl (C=O) groups is 2. The van der Waals surface area contributed by atoms with Gasteiger partial charge in [-0.2, -0.15) is 0 Å². The minimum Gasteiger partial charge on any atom is -0.465 e. The number of hydrogen-bond donors (Lipinski definition) is 3. The number of rotatable bonds is 4. The fraction of sp³-hybridized carbons (Fsp3) is 0.292. The van der Waals surface area contributed by atoms with Gasteiger partial charge in [0.2, 0.25) is 0 Å². The zero-order chi connectivity index (χ0) is 22.5. The Labute approximate surface area is 185 Å². The van der Waals surface area contributed by atoms with Crippen molar-refractivity contribution in [3.05, 3.63) is 71.1 Å². The Balaban J connectivity index is 1.68. The molecule has 5 rings (SSSR count). The van der Waals surface area contributed by atoms with Gasteiger partial charge in [0, 0.05) is 35.9 Å². The number of hydrogen-bond acceptors (Lipinski definition) is 5. The predicted octanol–water partition coefficient (Wildman–Crippen LogP) is 3.50. The van der Waals surface area contributed by atoms with E-state index in [0.29, 0.717) is 19.5 Å². The minimum atomic E-state index is -1.06. The SMILES string of the molecule is Cc1noc(C)c1-c1ccc2c(c1)C(c1ccccc1)(N1CCC(NC(=O)O)C1)C(=O)N2. The second-order valence-corrected chi connectivity index (χ2v) is 8.37. The summed E-state index contributed by atoms with van der Waals surface area (Å²) in [6, 6.07) is 15.3. The van der Waals surface area contributed by atoms with Crippen molar-refractivity contribution in [3.63, 3.8) is 0 Å². The zero-order valence-electron chi connectivity index (χ0n) is 17.9. The van der Waals surface area contributed by atoms with E-state index < -0.39 is 11.6 Å². The lowest BCUT2D eigenvalue weighted by atomic mass is 9.81. The lowest BCUT2D eigenvalue weighted by Gasteiger charge is -2.37. The number of fused-ring (bicyclic) bond motifs is 1. The van der Waals surface area contributed by atoms with Crippen molar-refractivity contribution in [2.75, 3.05) is 18.4 Å². The van der Waals surface area contributed by atoms with Gasteiger partial charge in [0.1, 0.15) is 5.76 Å². The molecule has 164 valence electrons. The monoisotopic (exact) mass is 432 g/mol. The molecule has 0 spiro atoms. The summed E-state index contributed by atoms with van der Waals surface area (Å²) >= 11 is 0. The Morgan fingerprint density at radius 2 is 2.03 bits per heavy atom. The van der Waals surface area contributed by atoms with Crippen LogP contribution in [0.3, 0.4) is 0 Å². The lowest BCUT2D eigenvalue weighted by molar-refractivity contribution is -0.124. The van der Waals surface area contributed by atoms with Crippen molar-refractivity contribution in [3.8, 4) is 11.1 Å². The maximum atomic E-state index is 13.7. The molecule has 3 heterocycles. The Bertz CT molecular complexity index is 1190. The Kier molecular flexibility index (Phi) is 4.74. The highest BCUT2D eigenvalue weighted by Crippen LogP contribution is 2.48. The summed E-state index contributed by atoms with van der Waals surface area (Å²) in [6.45, 7) is 4.79. The number of aromatic nitrogens is 1. The fourth-order valence-corrected chi connectivity index (χ4v) is 5.16. The van der Waals surface area contributed by atoms with Crippen LogP contribution in [0.15, 0.2) is 53.1 Å². The van der Waals surface area contributed by atoms with Crippen LogP contribution in [0.4, 0.5) is 10.5 Å². The van der Waals surface area contributed by atoms with E-state index in [1.54, 1.807) is 0 Å². The average molecular weight is 432 g/mol. The van der Waals surface area contributed by atoms with Crippen LogP contribution in [0.2, 0.25) is 0 Å². The van der Waals surface area contributed by atoms with Gasteiger partial charge < -0.3 is 20.3 Å². The summed E-state index contributed by atoms with van der Waals surface area (Å²) in [5, 5.41) is 18.9. The highest BCUT2D eigenvalue weighted by molar-refractivity contribution is 6.09. The Hall–Kier alpha value is -3.65. The summed E-state index contributed by atoms with van der Waals surface area (Å²) in [4.78, 5) is 27.0. The van der Waals surface area contributed by atoms with E-state index in [-0.39, 0.29) is 11.9 Å². The number of benzene rings is 2. The fourth-order valence-electron chi connectivity index (χ4n) is 5.16. The number of nitrogens with zero attached hydrogens (tertiary/aromatic N) is 2. The van der Waals surface area contributed by atoms with E-state index in [1.165, 1.54) is 0 Å². The second kappa shape index (κ2) is 7.49. The molecule has 0 aliphatic carbocycles. The topological polar surface area (TPSA) is 108 Å². The zero-order valence-corrected chi connectivity index (χ0v) is 17.9. The van der Waals surface area contributed by atoms with E-state index in [4.69, 9.17) is 4.52 Å². The predicted molar refractivity (Wildman–Crippen MR) is 118 cm³/mol. The van der Waals surface area contributed by atoms with Crippen molar-refractivity contribution < 1.29 is 19.2 Å². The van der Waals surface area contributed by atoms with Crippen molar-refractivity contribution in [1.82, 2.24) is 15.4 Å². The van der Waals surface area contributed by atoms with Gasteiger partial charge in [-0.1, -0.05) is 41.6 Å². The third-order valence-corrected chi connectivity index (χ3v) is 6.49. The molecular formula is C24H24N4O4. The van der Waals surface area contributed by atoms with Crippen molar-refractivity contribution in [1.29, 1.82) is 0 Å². The molecule has 8 nitrogen and oxygen atoms in total. The molecule has 3 aromatic rings. The van der Waals surface area contributed by atoms with Crippen LogP contribution >= 0.6 is 0 Å². The van der Waals surface area contributed by atoms with Gasteiger partial charge >= 0.3 is 6.09 Å². The van der Waals surface area contributed by atoms with E-state index in [0.717, 1.165) is 39.4 Å². The van der Waals surface area contributed by atoms with Crippen LogP contribution in [0.25, 0.3) is 11.1 Å². The molecule has 2 aromatic carbocycles. The summed E-state index contributed by atoms with van der Waals surface area (Å²) < 4.78 is 5.37. The number of anilines is 1. The highest BCUT2D eigenvalue weighted by atomic mass is 16.5. The summed E-state index contributed by atoms with van der Waals surface area (Å²) in [7, 11) is 0. The Morgan fingerprint density at radius 3 is 2.72 bits per heavy atom. The molecule has 1 saturated heterocycles. The van der Waals surface area contributed by atoms with E-state index in [9.17, 15) is 14.7 Å². The summed E-state index contributed by atoms with van der Waals surface area (Å²) in [6.07, 6.45) is -0.421. The first-order valence-corrected chi connectivity index (χ1v) is 10.6. The van der Waals surface area contributed by atoms with Gasteiger partial charge in [-0.15, -0.1) is 0 Å². The van der Waals surface area contributed by atoms with Gasteiger partial charge in [0.25, 0.3) is 5.91 Å². The van der Waals surface area contributed by atoms with Crippen molar-refractivity contribution in [2.45, 2.75) is 31.8 Å². The first-order valence-electron chi connectivity index (χ1n) is 10.6. The van der Waals surface area contributed by atoms with Crippen LogP contribution in [0.1, 0.15) is 29.0 Å². The number of likely N-dealkylation sites (tertiary alicyclic amines) is 1. The van der Waals surface area contributed by atoms with Crippen LogP contribution in [-0.2, 0) is 10.3 Å². The quantitative estimate of drug-likeness (QED) is 0.583. The largest absolute Gasteiger partial charge is 0.465 e. The van der Waals surface area contributed by atoms with Crippen LogP contribution in [0, 0.1) is 13.8 Å². The van der Waals surface area contributed by atoms with E-state index in [1.807, 2.05) is 62.4 Å². The third kappa shape index (κ3) is 2.98. The standard InChI is InChI=1S/C24H24N4O4/c1-14-21(15(2)32-27-14)16-8-9-20-19(12-16)24(22(29)26-20,17-6-4-3-5-7-17)28-11-10-18(13-28)25-23(30)31/h3-9,12,18,25H,10-11,13H2,1-2H3,(H,26,29)(H,30,31). The normalized spacial score (nSPS) is 22.6. The van der Waals surface area contributed by atoms with Crippen molar-refractivity contribution in [2.24, 2.45) is 0 Å². The summed E-state index contributed by atoms with van der Waals surface area (Å²) in [5.74, 6) is 0.586. The molecule has 2 unspecified atom stereocenters. The van der Waals surface area contributed by atoms with Gasteiger partial charge in [-0.25, -0.2) is 4.79 Å². The third-order valence-electron chi connectivity index (χ3n) is 6.49. The van der Waals surface area contributed by atoms with Gasteiger partial charge in [-0.3, -0.25) is 9.69 Å². The molecule has 2 amide bonds. The molecule has 0 radical (unpaired) electrons. The summed E-state index contributed by atoms with van der Waals surface area (Å²) in [5.41, 5.74) is 4.03. The number of carbonyl (C=O) groups excluding carboxylic acids is 1. The number of nitrogens with one attached hydrogen (secondary N) is 2. The number of carboxylic acid groups (broad SMARTS) is 1. The molecule has 2 atom stereocenters. The second-order valence-electron chi connectivity index (χ2n) is 8.37. The molecule has 3 N–H and O–H groups in total. The molecule has 1 fully saturated rings. The molecular weight excluding hydrogens is 408 g/mol. The smallest absolute Gasteiger partial charge is 0.404 e. The van der Waals surface area contributed by atoms with Crippen LogP contribution < -0.4 is 10.6 Å². The first-order chi connectivity index (χ1) is 15.4. The van der Waals surface area contributed by atoms with E-state index in [2.05, 4.69) is 20.7 Å². The number of amides is 2. The average Bonchev–Trinajstić information content (AvgIpc) is 3.44. The van der Waals surface area contributed by atoms with Gasteiger partial charge in [0.05, 0.1) is 5.69 Å². The van der Waals surface area contributed by atoms with Crippen LogP contribution in [0.5, 0.6) is 0 Å². The molecule has 0 saturated carbocycles. The van der Waals surface area contributed by atoms with E-state index >= 15 is 0 Å². The molecule has 0 bridgehead atoms. The Morgan fingerprint density at radius 1 is 1.25 bits per heavy atom. The van der Waals surface area contributed by atoms with Crippen molar-refractivity contribution >= 4 is 17.7 Å². The minimum absolute atomic E-state index is 0.134. The van der Waals surface area contributed by atoms with Gasteiger partial charge in [-0.05, 0) is 43.5 Å². The van der Waals surface area contributed by atoms with Crippen LogP contribution in [-0.4, -0.2) is 46.3 Å². The molecule has 2 aliphatic rings. The van der Waals surface area contributed by atoms with Gasteiger partial charge in [0.15, 0.2) is 5.54 Å². The molecule has 32 heavy (non-hydrogen) atoms. The maximum absolute atomic E-state index is 13.7. The number of aryl methyl sites for hydroxylation is 2. The molecule has 2 aliphatic heterocycles. The molecule has 8 heteroatoms. The maximum Gasteiger partial charge on any atom is 0.404 e. The lowest BCUT2D eigenvalue weighted by Crippen LogP contribution is -2.52. The highest BCUT2D eigenvalue weighted by Gasteiger charge is 2.54. The molecule has 1 aromatic heterocycles.